The maximum absolute atomic E-state index is 13.9. The second-order valence-electron chi connectivity index (χ2n) is 10.5. The topological polar surface area (TPSA) is 123 Å². The fourth-order valence-electron chi connectivity index (χ4n) is 5.39. The van der Waals surface area contributed by atoms with E-state index in [-0.39, 0.29) is 21.5 Å². The van der Waals surface area contributed by atoms with Crippen molar-refractivity contribution < 1.29 is 23.3 Å². The molecule has 0 saturated carbocycles. The summed E-state index contributed by atoms with van der Waals surface area (Å²) in [6, 6.07) is 17.1. The first kappa shape index (κ1) is 28.4. The van der Waals surface area contributed by atoms with E-state index >= 15 is 0 Å². The molecule has 1 fully saturated rings. The quantitative estimate of drug-likeness (QED) is 0.249. The summed E-state index contributed by atoms with van der Waals surface area (Å²) in [5.41, 5.74) is 3.57. The molecule has 11 heteroatoms. The lowest BCUT2D eigenvalue weighted by Crippen LogP contribution is -2.44. The SMILES string of the molecule is Cc1cc(C)cc(S(=O)(=O)c2c(C(=O)NC3CCN(Cc4cccc(B(O)O)c4)CC3)[nH]c3ccc(Cl)cc23)c1. The van der Waals surface area contributed by atoms with Crippen molar-refractivity contribution in [2.75, 3.05) is 13.1 Å². The lowest BCUT2D eigenvalue weighted by atomic mass is 9.79. The number of likely N-dealkylation sites (tertiary alicyclic amines) is 1. The number of nitrogens with zero attached hydrogens (tertiary/aromatic N) is 1. The van der Waals surface area contributed by atoms with Crippen LogP contribution in [0.4, 0.5) is 0 Å². The Labute approximate surface area is 239 Å². The number of fused-ring (bicyclic) bond motifs is 1. The number of halogens is 1. The molecule has 0 unspecified atom stereocenters. The normalized spacial score (nSPS) is 14.9. The number of hydrogen-bond donors (Lipinski definition) is 4. The smallest absolute Gasteiger partial charge is 0.423 e. The first-order valence-corrected chi connectivity index (χ1v) is 15.0. The number of carbonyl (C=O) groups excluding carboxylic acids is 1. The van der Waals surface area contributed by atoms with Crippen LogP contribution in [0.2, 0.25) is 5.02 Å². The number of aromatic amines is 1. The molecule has 0 aliphatic carbocycles. The minimum atomic E-state index is -4.05. The Balaban J connectivity index is 1.36. The summed E-state index contributed by atoms with van der Waals surface area (Å²) in [7, 11) is -5.56. The van der Waals surface area contributed by atoms with Crippen molar-refractivity contribution in [3.8, 4) is 0 Å². The molecule has 0 spiro atoms. The van der Waals surface area contributed by atoms with E-state index in [0.717, 1.165) is 29.8 Å². The van der Waals surface area contributed by atoms with Crippen LogP contribution in [0.15, 0.2) is 70.5 Å². The molecule has 1 aromatic heterocycles. The van der Waals surface area contributed by atoms with Gasteiger partial charge in [0.15, 0.2) is 0 Å². The molecule has 208 valence electrons. The first-order valence-electron chi connectivity index (χ1n) is 13.1. The second kappa shape index (κ2) is 11.4. The van der Waals surface area contributed by atoms with Crippen LogP contribution in [0.1, 0.15) is 40.0 Å². The Morgan fingerprint density at radius 1 is 1.05 bits per heavy atom. The third-order valence-electron chi connectivity index (χ3n) is 7.29. The summed E-state index contributed by atoms with van der Waals surface area (Å²) in [4.78, 5) is 18.9. The van der Waals surface area contributed by atoms with Crippen LogP contribution in [-0.4, -0.2) is 60.5 Å². The number of benzene rings is 3. The number of carbonyl (C=O) groups is 1. The summed E-state index contributed by atoms with van der Waals surface area (Å²) in [5.74, 6) is -0.474. The van der Waals surface area contributed by atoms with Gasteiger partial charge in [-0.05, 0) is 79.2 Å². The van der Waals surface area contributed by atoms with Gasteiger partial charge in [-0.2, -0.15) is 0 Å². The Hall–Kier alpha value is -3.15. The van der Waals surface area contributed by atoms with Gasteiger partial charge in [0, 0.05) is 41.6 Å². The van der Waals surface area contributed by atoms with Crippen molar-refractivity contribution >= 4 is 50.8 Å². The zero-order chi connectivity index (χ0) is 28.6. The van der Waals surface area contributed by atoms with Gasteiger partial charge in [-0.1, -0.05) is 41.9 Å². The van der Waals surface area contributed by atoms with Crippen molar-refractivity contribution in [3.63, 3.8) is 0 Å². The molecule has 0 atom stereocenters. The molecule has 1 aliphatic heterocycles. The molecule has 4 N–H and O–H groups in total. The number of amides is 1. The summed E-state index contributed by atoms with van der Waals surface area (Å²) >= 11 is 6.24. The van der Waals surface area contributed by atoms with Gasteiger partial charge >= 0.3 is 7.12 Å². The summed E-state index contributed by atoms with van der Waals surface area (Å²) in [5, 5.41) is 22.7. The third-order valence-corrected chi connectivity index (χ3v) is 9.35. The van der Waals surface area contributed by atoms with Gasteiger partial charge in [0.05, 0.1) is 4.90 Å². The van der Waals surface area contributed by atoms with Crippen molar-refractivity contribution in [2.24, 2.45) is 0 Å². The van der Waals surface area contributed by atoms with Crippen LogP contribution in [0.25, 0.3) is 10.9 Å². The van der Waals surface area contributed by atoms with Gasteiger partial charge in [0.1, 0.15) is 10.6 Å². The van der Waals surface area contributed by atoms with Gasteiger partial charge in [0.2, 0.25) is 9.84 Å². The number of aryl methyl sites for hydroxylation is 2. The molecular formula is C29H31BClN3O5S. The monoisotopic (exact) mass is 579 g/mol. The van der Waals surface area contributed by atoms with E-state index in [1.165, 1.54) is 0 Å². The number of aromatic nitrogens is 1. The lowest BCUT2D eigenvalue weighted by Gasteiger charge is -2.32. The largest absolute Gasteiger partial charge is 0.488 e. The van der Waals surface area contributed by atoms with Crippen LogP contribution in [0.3, 0.4) is 0 Å². The fourth-order valence-corrected chi connectivity index (χ4v) is 7.35. The van der Waals surface area contributed by atoms with Crippen LogP contribution in [-0.2, 0) is 16.4 Å². The highest BCUT2D eigenvalue weighted by Crippen LogP contribution is 2.34. The minimum absolute atomic E-state index is 0.00164. The molecule has 8 nitrogen and oxygen atoms in total. The molecule has 3 aromatic carbocycles. The van der Waals surface area contributed by atoms with Crippen molar-refractivity contribution in [2.45, 2.75) is 49.1 Å². The number of sulfone groups is 1. The van der Waals surface area contributed by atoms with Crippen molar-refractivity contribution in [3.05, 3.63) is 88.1 Å². The molecule has 4 aromatic rings. The van der Waals surface area contributed by atoms with Crippen LogP contribution in [0.5, 0.6) is 0 Å². The van der Waals surface area contributed by atoms with Gasteiger partial charge in [-0.3, -0.25) is 9.69 Å². The number of nitrogens with one attached hydrogen (secondary N) is 2. The Bertz CT molecular complexity index is 1660. The average Bonchev–Trinajstić information content (AvgIpc) is 3.29. The second-order valence-corrected chi connectivity index (χ2v) is 12.8. The van der Waals surface area contributed by atoms with Crippen molar-refractivity contribution in [1.82, 2.24) is 15.2 Å². The highest BCUT2D eigenvalue weighted by molar-refractivity contribution is 7.91. The zero-order valence-electron chi connectivity index (χ0n) is 22.3. The van der Waals surface area contributed by atoms with E-state index in [9.17, 15) is 23.3 Å². The predicted octanol–water partition coefficient (Wildman–Crippen LogP) is 3.35. The number of H-pyrrole nitrogens is 1. The summed E-state index contributed by atoms with van der Waals surface area (Å²) < 4.78 is 27.9. The Morgan fingerprint density at radius 3 is 2.42 bits per heavy atom. The van der Waals surface area contributed by atoms with Crippen LogP contribution >= 0.6 is 11.6 Å². The number of hydrogen-bond acceptors (Lipinski definition) is 6. The van der Waals surface area contributed by atoms with Crippen LogP contribution < -0.4 is 10.8 Å². The third kappa shape index (κ3) is 5.96. The van der Waals surface area contributed by atoms with Crippen LogP contribution in [0, 0.1) is 13.8 Å². The number of rotatable bonds is 7. The molecule has 1 aliphatic rings. The van der Waals surface area contributed by atoms with Gasteiger partial charge in [0.25, 0.3) is 5.91 Å². The standard InChI is InChI=1S/C29H31BClN3O5S/c1-18-12-19(2)14-24(13-18)40(38,39)28-25-16-22(31)6-7-26(25)33-27(28)29(35)32-23-8-10-34(11-9-23)17-20-4-3-5-21(15-20)30(36)37/h3-7,12-16,23,33,36-37H,8-11,17H2,1-2H3,(H,32,35). The van der Waals surface area contributed by atoms with Gasteiger partial charge in [-0.25, -0.2) is 8.42 Å². The highest BCUT2D eigenvalue weighted by atomic mass is 35.5. The van der Waals surface area contributed by atoms with E-state index in [1.54, 1.807) is 48.5 Å². The van der Waals surface area contributed by atoms with Gasteiger partial charge in [-0.15, -0.1) is 0 Å². The molecule has 1 saturated heterocycles. The molecule has 40 heavy (non-hydrogen) atoms. The maximum atomic E-state index is 13.9. The van der Waals surface area contributed by atoms with E-state index in [4.69, 9.17) is 11.6 Å². The maximum Gasteiger partial charge on any atom is 0.488 e. The highest BCUT2D eigenvalue weighted by Gasteiger charge is 2.31. The minimum Gasteiger partial charge on any atom is -0.423 e. The van der Waals surface area contributed by atoms with E-state index in [2.05, 4.69) is 15.2 Å². The lowest BCUT2D eigenvalue weighted by molar-refractivity contribution is 0.0901. The van der Waals surface area contributed by atoms with E-state index in [0.29, 0.717) is 40.8 Å². The molecule has 0 bridgehead atoms. The van der Waals surface area contributed by atoms with E-state index in [1.807, 2.05) is 26.0 Å². The summed E-state index contributed by atoms with van der Waals surface area (Å²) in [6.45, 7) is 5.79. The Morgan fingerprint density at radius 2 is 1.75 bits per heavy atom. The summed E-state index contributed by atoms with van der Waals surface area (Å²) in [6.07, 6.45) is 1.39. The van der Waals surface area contributed by atoms with Gasteiger partial charge < -0.3 is 20.3 Å². The molecular weight excluding hydrogens is 549 g/mol. The predicted molar refractivity (Wildman–Crippen MR) is 157 cm³/mol. The molecule has 5 rings (SSSR count). The zero-order valence-corrected chi connectivity index (χ0v) is 23.9. The van der Waals surface area contributed by atoms with E-state index < -0.39 is 22.9 Å². The average molecular weight is 580 g/mol. The number of piperidine rings is 1. The molecule has 2 heterocycles. The fraction of sp³-hybridized carbons (Fsp3) is 0.276. The molecule has 1 amide bonds. The first-order chi connectivity index (χ1) is 19.0. The molecule has 0 radical (unpaired) electrons. The van der Waals surface area contributed by atoms with Crippen molar-refractivity contribution in [1.29, 1.82) is 0 Å². The Kier molecular flexibility index (Phi) is 8.08.